The van der Waals surface area contributed by atoms with E-state index in [0.29, 0.717) is 12.5 Å². The average Bonchev–Trinajstić information content (AvgIpc) is 2.93. The van der Waals surface area contributed by atoms with Crippen LogP contribution in [0.25, 0.3) is 11.1 Å². The van der Waals surface area contributed by atoms with Gasteiger partial charge in [0.1, 0.15) is 0 Å². The fourth-order valence-corrected chi connectivity index (χ4v) is 4.68. The first kappa shape index (κ1) is 16.3. The van der Waals surface area contributed by atoms with Gasteiger partial charge in [0.15, 0.2) is 0 Å². The van der Waals surface area contributed by atoms with Crippen LogP contribution in [-0.4, -0.2) is 11.3 Å². The standard InChI is InChI=1S/C23H26BN/c1-16(2)24-20-14-10-9-13-19(20)23(4,5)25-15-17(3)21(22(24)25)18-11-7-6-8-12-18/h6-16H,1-5H3. The molecule has 1 aliphatic rings. The normalized spacial score (nSPS) is 15.2. The summed E-state index contributed by atoms with van der Waals surface area (Å²) in [5.41, 5.74) is 8.50. The third kappa shape index (κ3) is 2.31. The Morgan fingerprint density at radius 1 is 0.920 bits per heavy atom. The van der Waals surface area contributed by atoms with Gasteiger partial charge in [0, 0.05) is 6.20 Å². The Morgan fingerprint density at radius 3 is 2.24 bits per heavy atom. The van der Waals surface area contributed by atoms with Gasteiger partial charge < -0.3 is 4.57 Å². The molecule has 0 saturated carbocycles. The lowest BCUT2D eigenvalue weighted by atomic mass is 9.33. The predicted octanol–water partition coefficient (Wildman–Crippen LogP) is 4.58. The molecule has 0 amide bonds. The quantitative estimate of drug-likeness (QED) is 0.607. The molecule has 2 aromatic carbocycles. The lowest BCUT2D eigenvalue weighted by Crippen LogP contribution is -2.59. The number of hydrogen-bond donors (Lipinski definition) is 0. The second-order valence-electron chi connectivity index (χ2n) is 8.18. The van der Waals surface area contributed by atoms with Gasteiger partial charge >= 0.3 is 0 Å². The first-order valence-corrected chi connectivity index (χ1v) is 9.30. The zero-order valence-electron chi connectivity index (χ0n) is 15.9. The first-order chi connectivity index (χ1) is 11.9. The van der Waals surface area contributed by atoms with Crippen molar-refractivity contribution in [2.45, 2.75) is 46.0 Å². The second kappa shape index (κ2) is 5.66. The van der Waals surface area contributed by atoms with E-state index in [9.17, 15) is 0 Å². The van der Waals surface area contributed by atoms with Crippen molar-refractivity contribution in [3.05, 3.63) is 71.9 Å². The maximum Gasteiger partial charge on any atom is 0.234 e. The molecule has 2 heteroatoms. The molecule has 0 aliphatic carbocycles. The monoisotopic (exact) mass is 327 g/mol. The third-order valence-electron chi connectivity index (χ3n) is 5.81. The summed E-state index contributed by atoms with van der Waals surface area (Å²) in [4.78, 5) is 0. The summed E-state index contributed by atoms with van der Waals surface area (Å²) in [5, 5.41) is 0. The topological polar surface area (TPSA) is 4.93 Å². The molecule has 126 valence electrons. The number of aryl methyl sites for hydroxylation is 1. The van der Waals surface area contributed by atoms with Gasteiger partial charge in [0.25, 0.3) is 0 Å². The van der Waals surface area contributed by atoms with E-state index in [4.69, 9.17) is 0 Å². The van der Waals surface area contributed by atoms with Crippen LogP contribution in [0.2, 0.25) is 5.82 Å². The molecule has 4 rings (SSSR count). The van der Waals surface area contributed by atoms with E-state index in [2.05, 4.69) is 100.0 Å². The number of fused-ring (bicyclic) bond motifs is 2. The van der Waals surface area contributed by atoms with Crippen LogP contribution in [0.4, 0.5) is 0 Å². The van der Waals surface area contributed by atoms with Gasteiger partial charge in [0.05, 0.1) is 5.54 Å². The fourth-order valence-electron chi connectivity index (χ4n) is 4.68. The molecule has 2 heterocycles. The van der Waals surface area contributed by atoms with Gasteiger partial charge in [-0.1, -0.05) is 79.7 Å². The van der Waals surface area contributed by atoms with Crippen LogP contribution in [-0.2, 0) is 5.54 Å². The summed E-state index contributed by atoms with van der Waals surface area (Å²) in [5.74, 6) is 0.549. The van der Waals surface area contributed by atoms with Crippen molar-refractivity contribution in [1.29, 1.82) is 0 Å². The van der Waals surface area contributed by atoms with Crippen LogP contribution in [0.5, 0.6) is 0 Å². The van der Waals surface area contributed by atoms with Crippen LogP contribution >= 0.6 is 0 Å². The number of aromatic nitrogens is 1. The van der Waals surface area contributed by atoms with Crippen LogP contribution < -0.4 is 11.1 Å². The molecule has 0 radical (unpaired) electrons. The summed E-state index contributed by atoms with van der Waals surface area (Å²) < 4.78 is 2.54. The largest absolute Gasteiger partial charge is 0.349 e. The van der Waals surface area contributed by atoms with Crippen LogP contribution in [0.15, 0.2) is 60.8 Å². The highest BCUT2D eigenvalue weighted by atomic mass is 15.1. The Labute approximate surface area is 151 Å². The lowest BCUT2D eigenvalue weighted by Gasteiger charge is -2.41. The Morgan fingerprint density at radius 2 is 1.56 bits per heavy atom. The minimum absolute atomic E-state index is 0.0326. The molecule has 3 aromatic rings. The summed E-state index contributed by atoms with van der Waals surface area (Å²) in [6.45, 7) is 12.1. The van der Waals surface area contributed by atoms with E-state index >= 15 is 0 Å². The Kier molecular flexibility index (Phi) is 3.68. The Balaban J connectivity index is 2.07. The summed E-state index contributed by atoms with van der Waals surface area (Å²) in [6.07, 6.45) is 2.36. The van der Waals surface area contributed by atoms with Crippen molar-refractivity contribution in [1.82, 2.24) is 4.57 Å². The predicted molar refractivity (Wildman–Crippen MR) is 110 cm³/mol. The average molecular weight is 327 g/mol. The van der Waals surface area contributed by atoms with Crippen molar-refractivity contribution in [3.63, 3.8) is 0 Å². The molecule has 0 N–H and O–H groups in total. The van der Waals surface area contributed by atoms with Crippen LogP contribution in [0.3, 0.4) is 0 Å². The van der Waals surface area contributed by atoms with Gasteiger partial charge in [-0.15, -0.1) is 0 Å². The van der Waals surface area contributed by atoms with Gasteiger partial charge in [-0.25, -0.2) is 0 Å². The molecule has 0 spiro atoms. The molecule has 1 aromatic heterocycles. The highest BCUT2D eigenvalue weighted by Gasteiger charge is 2.42. The molecule has 1 nitrogen and oxygen atoms in total. The van der Waals surface area contributed by atoms with E-state index in [0.717, 1.165) is 0 Å². The molecule has 0 atom stereocenters. The molecular formula is C23H26BN. The fraction of sp³-hybridized carbons (Fsp3) is 0.304. The van der Waals surface area contributed by atoms with Crippen molar-refractivity contribution >= 4 is 17.8 Å². The van der Waals surface area contributed by atoms with E-state index in [1.165, 1.54) is 33.3 Å². The minimum atomic E-state index is -0.0326. The van der Waals surface area contributed by atoms with Gasteiger partial charge in [-0.3, -0.25) is 0 Å². The zero-order valence-corrected chi connectivity index (χ0v) is 15.9. The molecule has 0 saturated heterocycles. The van der Waals surface area contributed by atoms with Gasteiger partial charge in [0.2, 0.25) is 6.71 Å². The number of hydrogen-bond acceptors (Lipinski definition) is 0. The smallest absolute Gasteiger partial charge is 0.234 e. The highest BCUT2D eigenvalue weighted by molar-refractivity contribution is 6.87. The molecule has 0 fully saturated rings. The SMILES string of the molecule is Cc1cn2c(c1-c1ccccc1)B(C(C)C)c1ccccc1C2(C)C. The zero-order chi connectivity index (χ0) is 17.8. The first-order valence-electron chi connectivity index (χ1n) is 9.30. The van der Waals surface area contributed by atoms with Gasteiger partial charge in [-0.05, 0) is 48.6 Å². The molecule has 1 aliphatic heterocycles. The van der Waals surface area contributed by atoms with Crippen molar-refractivity contribution in [2.75, 3.05) is 0 Å². The van der Waals surface area contributed by atoms with E-state index < -0.39 is 0 Å². The van der Waals surface area contributed by atoms with Gasteiger partial charge in [-0.2, -0.15) is 0 Å². The summed E-state index contributed by atoms with van der Waals surface area (Å²) >= 11 is 0. The number of benzene rings is 2. The maximum atomic E-state index is 2.54. The molecule has 0 unspecified atom stereocenters. The molecular weight excluding hydrogens is 301 g/mol. The maximum absolute atomic E-state index is 2.54. The summed E-state index contributed by atoms with van der Waals surface area (Å²) in [7, 11) is 0. The summed E-state index contributed by atoms with van der Waals surface area (Å²) in [6, 6.07) is 19.9. The van der Waals surface area contributed by atoms with Crippen molar-refractivity contribution < 1.29 is 0 Å². The Hall–Kier alpha value is -2.22. The molecule has 25 heavy (non-hydrogen) atoms. The van der Waals surface area contributed by atoms with E-state index in [1.807, 2.05) is 0 Å². The Bertz CT molecular complexity index is 919. The minimum Gasteiger partial charge on any atom is -0.349 e. The van der Waals surface area contributed by atoms with Crippen LogP contribution in [0, 0.1) is 6.92 Å². The number of nitrogens with zero attached hydrogens (tertiary/aromatic N) is 1. The highest BCUT2D eigenvalue weighted by Crippen LogP contribution is 2.35. The van der Waals surface area contributed by atoms with Crippen molar-refractivity contribution in [3.8, 4) is 11.1 Å². The van der Waals surface area contributed by atoms with Crippen molar-refractivity contribution in [2.24, 2.45) is 0 Å². The van der Waals surface area contributed by atoms with E-state index in [-0.39, 0.29) is 5.54 Å². The second-order valence-corrected chi connectivity index (χ2v) is 8.18. The number of rotatable bonds is 2. The third-order valence-corrected chi connectivity index (χ3v) is 5.81. The van der Waals surface area contributed by atoms with E-state index in [1.54, 1.807) is 0 Å². The molecule has 0 bridgehead atoms. The van der Waals surface area contributed by atoms with Crippen LogP contribution in [0.1, 0.15) is 38.8 Å². The lowest BCUT2D eigenvalue weighted by molar-refractivity contribution is 0.445.